The Labute approximate surface area is 156 Å². The molecule has 5 nitrogen and oxygen atoms in total. The van der Waals surface area contributed by atoms with Crippen LogP contribution in [0.15, 0.2) is 35.9 Å². The first kappa shape index (κ1) is 20.0. The Morgan fingerprint density at radius 3 is 2.44 bits per heavy atom. The highest BCUT2D eigenvalue weighted by molar-refractivity contribution is 6.29. The van der Waals surface area contributed by atoms with E-state index in [0.29, 0.717) is 18.2 Å². The van der Waals surface area contributed by atoms with E-state index < -0.39 is 0 Å². The number of nitrogens with zero attached hydrogens (tertiary/aromatic N) is 3. The first-order valence-corrected chi connectivity index (χ1v) is 9.17. The van der Waals surface area contributed by atoms with Gasteiger partial charge in [0.2, 0.25) is 0 Å². The molecular weight excluding hydrogens is 338 g/mol. The van der Waals surface area contributed by atoms with Crippen LogP contribution in [0.5, 0.6) is 5.75 Å². The molecule has 0 saturated carbocycles. The molecule has 25 heavy (non-hydrogen) atoms. The van der Waals surface area contributed by atoms with Crippen molar-refractivity contribution in [1.29, 1.82) is 0 Å². The van der Waals surface area contributed by atoms with Crippen molar-refractivity contribution >= 4 is 17.3 Å². The molecule has 2 rings (SSSR count). The fourth-order valence-electron chi connectivity index (χ4n) is 2.91. The molecule has 1 aliphatic heterocycles. The molecule has 140 valence electrons. The lowest BCUT2D eigenvalue weighted by Gasteiger charge is -2.36. The maximum absolute atomic E-state index is 5.86. The van der Waals surface area contributed by atoms with E-state index in [9.17, 15) is 0 Å². The van der Waals surface area contributed by atoms with Crippen molar-refractivity contribution in [3.63, 3.8) is 0 Å². The second kappa shape index (κ2) is 10.7. The molecule has 1 heterocycles. The molecule has 0 unspecified atom stereocenters. The van der Waals surface area contributed by atoms with Crippen LogP contribution in [0.2, 0.25) is 0 Å². The van der Waals surface area contributed by atoms with E-state index in [1.807, 2.05) is 12.1 Å². The summed E-state index contributed by atoms with van der Waals surface area (Å²) in [4.78, 5) is 7.15. The lowest BCUT2D eigenvalue weighted by atomic mass is 10.2. The summed E-state index contributed by atoms with van der Waals surface area (Å²) in [5.41, 5.74) is 1.26. The number of anilines is 1. The molecule has 1 saturated heterocycles. The van der Waals surface area contributed by atoms with Crippen LogP contribution < -0.4 is 9.64 Å². The zero-order valence-corrected chi connectivity index (χ0v) is 16.2. The van der Waals surface area contributed by atoms with E-state index in [1.165, 1.54) is 5.69 Å². The topological polar surface area (TPSA) is 28.2 Å². The van der Waals surface area contributed by atoms with Gasteiger partial charge in [-0.1, -0.05) is 18.2 Å². The second-order valence-electron chi connectivity index (χ2n) is 6.42. The van der Waals surface area contributed by atoms with Gasteiger partial charge in [-0.2, -0.15) is 0 Å². The number of halogens is 1. The van der Waals surface area contributed by atoms with Crippen LogP contribution in [0.25, 0.3) is 0 Å². The van der Waals surface area contributed by atoms with Gasteiger partial charge in [0.05, 0.1) is 6.61 Å². The number of likely N-dealkylation sites (N-methyl/N-ethyl adjacent to an activating group) is 1. The van der Waals surface area contributed by atoms with Gasteiger partial charge in [-0.05, 0) is 31.3 Å². The third-order valence-electron chi connectivity index (χ3n) is 4.37. The third-order valence-corrected chi connectivity index (χ3v) is 4.49. The van der Waals surface area contributed by atoms with Gasteiger partial charge in [0.15, 0.2) is 0 Å². The highest BCUT2D eigenvalue weighted by Gasteiger charge is 2.17. The molecule has 1 aromatic carbocycles. The van der Waals surface area contributed by atoms with E-state index in [2.05, 4.69) is 40.5 Å². The van der Waals surface area contributed by atoms with Gasteiger partial charge in [0.25, 0.3) is 0 Å². The average Bonchev–Trinajstić information content (AvgIpc) is 2.61. The second-order valence-corrected chi connectivity index (χ2v) is 6.95. The lowest BCUT2D eigenvalue weighted by Crippen LogP contribution is -2.48. The van der Waals surface area contributed by atoms with Gasteiger partial charge in [0.1, 0.15) is 12.4 Å². The summed E-state index contributed by atoms with van der Waals surface area (Å²) in [6.07, 6.45) is 0. The predicted octanol–water partition coefficient (Wildman–Crippen LogP) is 2.52. The maximum atomic E-state index is 5.86. The van der Waals surface area contributed by atoms with Gasteiger partial charge in [-0.3, -0.25) is 9.80 Å². The number of ether oxygens (including phenoxy) is 2. The summed E-state index contributed by atoms with van der Waals surface area (Å²) in [5.74, 6) is 0.892. The summed E-state index contributed by atoms with van der Waals surface area (Å²) in [7, 11) is 3.76. The van der Waals surface area contributed by atoms with Crippen LogP contribution in [0.4, 0.5) is 5.69 Å². The Hall–Kier alpha value is -1.27. The Morgan fingerprint density at radius 2 is 1.84 bits per heavy atom. The van der Waals surface area contributed by atoms with E-state index in [4.69, 9.17) is 21.1 Å². The highest BCUT2D eigenvalue weighted by Crippen LogP contribution is 2.20. The van der Waals surface area contributed by atoms with Crippen LogP contribution in [0, 0.1) is 0 Å². The zero-order valence-electron chi connectivity index (χ0n) is 15.4. The number of hydrogen-bond donors (Lipinski definition) is 0. The summed E-state index contributed by atoms with van der Waals surface area (Å²) in [6.45, 7) is 12.0. The maximum Gasteiger partial charge on any atom is 0.119 e. The van der Waals surface area contributed by atoms with Crippen molar-refractivity contribution in [1.82, 2.24) is 9.80 Å². The van der Waals surface area contributed by atoms with Gasteiger partial charge in [0, 0.05) is 63.6 Å². The van der Waals surface area contributed by atoms with Crippen LogP contribution >= 0.6 is 11.6 Å². The molecule has 0 radical (unpaired) electrons. The molecule has 6 heteroatoms. The Bertz CT molecular complexity index is 516. The van der Waals surface area contributed by atoms with E-state index in [1.54, 1.807) is 7.11 Å². The predicted molar refractivity (Wildman–Crippen MR) is 105 cm³/mol. The molecule has 0 atom stereocenters. The number of piperazine rings is 1. The molecule has 0 N–H and O–H groups in total. The lowest BCUT2D eigenvalue weighted by molar-refractivity contribution is 0.146. The van der Waals surface area contributed by atoms with Crippen molar-refractivity contribution in [3.05, 3.63) is 35.9 Å². The molecule has 0 bridgehead atoms. The zero-order chi connectivity index (χ0) is 18.1. The molecule has 0 aliphatic carbocycles. The monoisotopic (exact) mass is 367 g/mol. The van der Waals surface area contributed by atoms with Crippen LogP contribution in [-0.2, 0) is 4.74 Å². The summed E-state index contributed by atoms with van der Waals surface area (Å²) in [5, 5.41) is 0.696. The number of methoxy groups -OCH3 is 1. The van der Waals surface area contributed by atoms with E-state index in [-0.39, 0.29) is 0 Å². The standard InChI is InChI=1S/C19H30ClN3O2/c1-17(20)16-21(2)8-9-22-10-12-23(13-11-22)18-4-6-19(7-5-18)25-15-14-24-3/h4-7H,1,8-16H2,2-3H3. The van der Waals surface area contributed by atoms with Crippen molar-refractivity contribution in [2.75, 3.05) is 78.1 Å². The Morgan fingerprint density at radius 1 is 1.16 bits per heavy atom. The molecule has 0 aromatic heterocycles. The Kier molecular flexibility index (Phi) is 8.55. The largest absolute Gasteiger partial charge is 0.491 e. The molecule has 1 aliphatic rings. The number of hydrogen-bond acceptors (Lipinski definition) is 5. The molecule has 1 fully saturated rings. The van der Waals surface area contributed by atoms with Crippen LogP contribution in [0.1, 0.15) is 0 Å². The minimum Gasteiger partial charge on any atom is -0.491 e. The normalized spacial score (nSPS) is 15.6. The fraction of sp³-hybridized carbons (Fsp3) is 0.579. The fourth-order valence-corrected chi connectivity index (χ4v) is 3.11. The summed E-state index contributed by atoms with van der Waals surface area (Å²) < 4.78 is 10.6. The van der Waals surface area contributed by atoms with Crippen molar-refractivity contribution in [3.8, 4) is 5.75 Å². The number of rotatable bonds is 10. The Balaban J connectivity index is 1.71. The first-order valence-electron chi connectivity index (χ1n) is 8.79. The van der Waals surface area contributed by atoms with Gasteiger partial charge >= 0.3 is 0 Å². The van der Waals surface area contributed by atoms with Crippen molar-refractivity contribution in [2.45, 2.75) is 0 Å². The molecule has 1 aromatic rings. The summed E-state index contributed by atoms with van der Waals surface area (Å²) >= 11 is 5.86. The smallest absolute Gasteiger partial charge is 0.119 e. The highest BCUT2D eigenvalue weighted by atomic mass is 35.5. The van der Waals surface area contributed by atoms with Gasteiger partial charge in [-0.25, -0.2) is 0 Å². The number of benzene rings is 1. The average molecular weight is 368 g/mol. The van der Waals surface area contributed by atoms with Crippen LogP contribution in [-0.4, -0.2) is 83.0 Å². The first-order chi connectivity index (χ1) is 12.1. The SMILES string of the molecule is C=C(Cl)CN(C)CCN1CCN(c2ccc(OCCOC)cc2)CC1. The minimum absolute atomic E-state index is 0.583. The molecule has 0 spiro atoms. The van der Waals surface area contributed by atoms with E-state index in [0.717, 1.165) is 51.6 Å². The molecular formula is C19H30ClN3O2. The van der Waals surface area contributed by atoms with Gasteiger partial charge in [-0.15, -0.1) is 0 Å². The van der Waals surface area contributed by atoms with E-state index >= 15 is 0 Å². The quantitative estimate of drug-likeness (QED) is 0.592. The van der Waals surface area contributed by atoms with Crippen molar-refractivity contribution in [2.24, 2.45) is 0 Å². The van der Waals surface area contributed by atoms with Crippen molar-refractivity contribution < 1.29 is 9.47 Å². The third kappa shape index (κ3) is 7.24. The summed E-state index contributed by atoms with van der Waals surface area (Å²) in [6, 6.07) is 8.34. The molecule has 0 amide bonds. The van der Waals surface area contributed by atoms with Gasteiger partial charge < -0.3 is 14.4 Å². The minimum atomic E-state index is 0.583. The van der Waals surface area contributed by atoms with Crippen LogP contribution in [0.3, 0.4) is 0 Å².